The summed E-state index contributed by atoms with van der Waals surface area (Å²) in [6.45, 7) is 8.31. The zero-order valence-corrected chi connectivity index (χ0v) is 21.3. The maximum atomic E-state index is 14.5. The van der Waals surface area contributed by atoms with E-state index in [0.717, 1.165) is 41.2 Å². The number of halogens is 2. The molecule has 6 rings (SSSR count). The fourth-order valence-electron chi connectivity index (χ4n) is 6.55. The second-order valence-corrected chi connectivity index (χ2v) is 11.5. The molecule has 3 aromatic heterocycles. The van der Waals surface area contributed by atoms with Gasteiger partial charge in [0.1, 0.15) is 17.3 Å². The SMILES string of the molecule is CC(C)(O)Cn1ccc(-c2cccc([C@@]34CC[C@@H](c5cc(-c6c(F)cccc6F)nnc53)C4(C)C)n2)n1. The minimum Gasteiger partial charge on any atom is -0.389 e. The maximum absolute atomic E-state index is 14.5. The molecule has 4 aromatic rings. The van der Waals surface area contributed by atoms with Gasteiger partial charge in [-0.15, -0.1) is 5.10 Å². The van der Waals surface area contributed by atoms with Crippen molar-refractivity contribution in [2.24, 2.45) is 5.41 Å². The fourth-order valence-corrected chi connectivity index (χ4v) is 6.55. The van der Waals surface area contributed by atoms with Gasteiger partial charge in [-0.3, -0.25) is 9.67 Å². The number of hydrogen-bond acceptors (Lipinski definition) is 5. The molecular weight excluding hydrogens is 472 g/mol. The third kappa shape index (κ3) is 3.53. The van der Waals surface area contributed by atoms with Crippen LogP contribution in [0.5, 0.6) is 0 Å². The molecule has 1 N–H and O–H groups in total. The first-order chi connectivity index (χ1) is 17.5. The van der Waals surface area contributed by atoms with Crippen LogP contribution in [-0.4, -0.2) is 35.7 Å². The van der Waals surface area contributed by atoms with E-state index in [2.05, 4.69) is 29.1 Å². The molecule has 1 fully saturated rings. The third-order valence-electron chi connectivity index (χ3n) is 8.24. The summed E-state index contributed by atoms with van der Waals surface area (Å²) in [4.78, 5) is 5.08. The Morgan fingerprint density at radius 2 is 1.73 bits per heavy atom. The standard InChI is InChI=1S/C29H29F2N5O/c1-27(2,37)16-36-14-12-22(35-36)21-9-6-10-24(32-21)29-13-11-18(28(29,3)4)17-15-23(33-34-26(17)29)25-19(30)7-5-8-20(25)31/h5-10,12,14-15,18,37H,11,13,16H2,1-4H3/t18-,29-/m0/s1. The van der Waals surface area contributed by atoms with Crippen molar-refractivity contribution in [3.8, 4) is 22.6 Å². The normalized spacial score (nSPS) is 21.9. The van der Waals surface area contributed by atoms with E-state index < -0.39 is 22.7 Å². The van der Waals surface area contributed by atoms with Crippen molar-refractivity contribution in [1.29, 1.82) is 0 Å². The summed E-state index contributed by atoms with van der Waals surface area (Å²) >= 11 is 0. The van der Waals surface area contributed by atoms with Crippen LogP contribution in [0.1, 0.15) is 63.4 Å². The highest BCUT2D eigenvalue weighted by atomic mass is 19.1. The molecule has 2 aliphatic carbocycles. The lowest BCUT2D eigenvalue weighted by atomic mass is 9.66. The lowest BCUT2D eigenvalue weighted by Crippen LogP contribution is -2.37. The van der Waals surface area contributed by atoms with E-state index in [4.69, 9.17) is 4.98 Å². The van der Waals surface area contributed by atoms with Gasteiger partial charge in [-0.1, -0.05) is 26.0 Å². The van der Waals surface area contributed by atoms with Crippen molar-refractivity contribution in [3.05, 3.63) is 83.3 Å². The highest BCUT2D eigenvalue weighted by Crippen LogP contribution is 2.69. The molecule has 3 heterocycles. The van der Waals surface area contributed by atoms with Crippen LogP contribution in [-0.2, 0) is 12.0 Å². The summed E-state index contributed by atoms with van der Waals surface area (Å²) in [6.07, 6.45) is 3.63. The molecule has 0 saturated heterocycles. The van der Waals surface area contributed by atoms with Crippen LogP contribution in [0.4, 0.5) is 8.78 Å². The van der Waals surface area contributed by atoms with Crippen molar-refractivity contribution < 1.29 is 13.9 Å². The van der Waals surface area contributed by atoms with E-state index in [1.165, 1.54) is 18.2 Å². The Morgan fingerprint density at radius 1 is 1.00 bits per heavy atom. The molecule has 37 heavy (non-hydrogen) atoms. The van der Waals surface area contributed by atoms with Crippen LogP contribution < -0.4 is 0 Å². The van der Waals surface area contributed by atoms with Crippen LogP contribution >= 0.6 is 0 Å². The Morgan fingerprint density at radius 3 is 2.46 bits per heavy atom. The van der Waals surface area contributed by atoms with E-state index in [9.17, 15) is 13.9 Å². The largest absolute Gasteiger partial charge is 0.389 e. The minimum atomic E-state index is -0.878. The first-order valence-corrected chi connectivity index (χ1v) is 12.6. The van der Waals surface area contributed by atoms with Crippen molar-refractivity contribution in [2.45, 2.75) is 64.0 Å². The van der Waals surface area contributed by atoms with Gasteiger partial charge in [0.15, 0.2) is 0 Å². The van der Waals surface area contributed by atoms with Gasteiger partial charge in [-0.05, 0) is 80.0 Å². The van der Waals surface area contributed by atoms with Gasteiger partial charge < -0.3 is 5.11 Å². The summed E-state index contributed by atoms with van der Waals surface area (Å²) in [7, 11) is 0. The zero-order valence-electron chi connectivity index (χ0n) is 21.3. The first-order valence-electron chi connectivity index (χ1n) is 12.6. The van der Waals surface area contributed by atoms with Crippen molar-refractivity contribution in [2.75, 3.05) is 0 Å². The predicted molar refractivity (Wildman–Crippen MR) is 136 cm³/mol. The molecule has 8 heteroatoms. The van der Waals surface area contributed by atoms with E-state index in [-0.39, 0.29) is 22.6 Å². The molecule has 1 aromatic carbocycles. The number of hydrogen-bond donors (Lipinski definition) is 1. The van der Waals surface area contributed by atoms with Gasteiger partial charge in [0.2, 0.25) is 0 Å². The number of benzene rings is 1. The average molecular weight is 502 g/mol. The molecule has 190 valence electrons. The molecule has 2 aliphatic rings. The molecular formula is C29H29F2N5O. The second-order valence-electron chi connectivity index (χ2n) is 11.5. The first kappa shape index (κ1) is 23.9. The van der Waals surface area contributed by atoms with E-state index in [0.29, 0.717) is 6.54 Å². The number of aromatic nitrogens is 5. The van der Waals surface area contributed by atoms with Gasteiger partial charge in [0, 0.05) is 6.20 Å². The summed E-state index contributed by atoms with van der Waals surface area (Å²) in [6, 6.07) is 13.5. The molecule has 0 amide bonds. The number of nitrogens with zero attached hydrogens (tertiary/aromatic N) is 5. The molecule has 0 spiro atoms. The lowest BCUT2D eigenvalue weighted by Gasteiger charge is -2.37. The van der Waals surface area contributed by atoms with Crippen molar-refractivity contribution in [3.63, 3.8) is 0 Å². The Hall–Kier alpha value is -3.52. The highest BCUT2D eigenvalue weighted by molar-refractivity contribution is 5.64. The van der Waals surface area contributed by atoms with Gasteiger partial charge in [0.25, 0.3) is 0 Å². The molecule has 6 nitrogen and oxygen atoms in total. The minimum absolute atomic E-state index is 0.144. The number of aliphatic hydroxyl groups is 1. The number of fused-ring (bicyclic) bond motifs is 5. The molecule has 1 saturated carbocycles. The van der Waals surface area contributed by atoms with E-state index >= 15 is 0 Å². The monoisotopic (exact) mass is 501 g/mol. The van der Waals surface area contributed by atoms with E-state index in [1.807, 2.05) is 36.5 Å². The Balaban J connectivity index is 1.44. The van der Waals surface area contributed by atoms with Crippen LogP contribution in [0.15, 0.2) is 54.7 Å². The van der Waals surface area contributed by atoms with E-state index in [1.54, 1.807) is 18.5 Å². The molecule has 0 aliphatic heterocycles. The summed E-state index contributed by atoms with van der Waals surface area (Å²) in [5, 5.41) is 23.7. The molecule has 0 unspecified atom stereocenters. The van der Waals surface area contributed by atoms with Crippen LogP contribution in [0.3, 0.4) is 0 Å². The van der Waals surface area contributed by atoms with Gasteiger partial charge in [0.05, 0.1) is 45.9 Å². The number of rotatable bonds is 5. The summed E-state index contributed by atoms with van der Waals surface area (Å²) in [5.41, 5.74) is 2.69. The fraction of sp³-hybridized carbons (Fsp3) is 0.379. The van der Waals surface area contributed by atoms with Gasteiger partial charge in [-0.25, -0.2) is 8.78 Å². The molecule has 2 bridgehead atoms. The van der Waals surface area contributed by atoms with Gasteiger partial charge in [-0.2, -0.15) is 10.2 Å². The Labute approximate surface area is 214 Å². The Kier molecular flexibility index (Phi) is 5.15. The summed E-state index contributed by atoms with van der Waals surface area (Å²) in [5.74, 6) is -1.13. The zero-order chi connectivity index (χ0) is 26.2. The van der Waals surface area contributed by atoms with Gasteiger partial charge >= 0.3 is 0 Å². The second kappa shape index (κ2) is 7.99. The van der Waals surface area contributed by atoms with Crippen LogP contribution in [0.2, 0.25) is 0 Å². The predicted octanol–water partition coefficient (Wildman–Crippen LogP) is 5.65. The number of pyridine rings is 1. The lowest BCUT2D eigenvalue weighted by molar-refractivity contribution is 0.0578. The Bertz CT molecular complexity index is 1500. The van der Waals surface area contributed by atoms with Crippen molar-refractivity contribution in [1.82, 2.24) is 25.0 Å². The van der Waals surface area contributed by atoms with Crippen LogP contribution in [0, 0.1) is 17.0 Å². The quantitative estimate of drug-likeness (QED) is 0.382. The average Bonchev–Trinajstić information content (AvgIpc) is 3.45. The molecule has 2 atom stereocenters. The van der Waals surface area contributed by atoms with Crippen LogP contribution in [0.25, 0.3) is 22.6 Å². The third-order valence-corrected chi connectivity index (χ3v) is 8.24. The smallest absolute Gasteiger partial charge is 0.135 e. The summed E-state index contributed by atoms with van der Waals surface area (Å²) < 4.78 is 30.8. The van der Waals surface area contributed by atoms with Crippen molar-refractivity contribution >= 4 is 0 Å². The highest BCUT2D eigenvalue weighted by Gasteiger charge is 2.65. The topological polar surface area (TPSA) is 76.7 Å². The molecule has 0 radical (unpaired) electrons. The maximum Gasteiger partial charge on any atom is 0.135 e.